The number of carbonyl (C=O) groups is 1. The summed E-state index contributed by atoms with van der Waals surface area (Å²) in [5.41, 5.74) is 3.25. The van der Waals surface area contributed by atoms with Gasteiger partial charge in [0.1, 0.15) is 12.0 Å². The highest BCUT2D eigenvalue weighted by molar-refractivity contribution is 6.89. The van der Waals surface area contributed by atoms with Crippen molar-refractivity contribution in [3.8, 4) is 5.75 Å². The molecule has 0 aliphatic carbocycles. The van der Waals surface area contributed by atoms with Crippen LogP contribution in [0, 0.1) is 6.92 Å². The lowest BCUT2D eigenvalue weighted by atomic mass is 10.00. The van der Waals surface area contributed by atoms with Crippen molar-refractivity contribution in [3.05, 3.63) is 59.2 Å². The highest BCUT2D eigenvalue weighted by atomic mass is 28.3. The zero-order valence-corrected chi connectivity index (χ0v) is 16.3. The fourth-order valence-electron chi connectivity index (χ4n) is 3.14. The van der Waals surface area contributed by atoms with Gasteiger partial charge in [-0.15, -0.1) is 0 Å². The van der Waals surface area contributed by atoms with Gasteiger partial charge in [-0.1, -0.05) is 61.1 Å². The first-order valence-corrected chi connectivity index (χ1v) is 12.0. The molecule has 0 unspecified atom stereocenters. The van der Waals surface area contributed by atoms with Crippen LogP contribution in [0.15, 0.2) is 42.5 Å². The Balaban J connectivity index is 1.98. The zero-order chi connectivity index (χ0) is 17.6. The third kappa shape index (κ3) is 4.57. The summed E-state index contributed by atoms with van der Waals surface area (Å²) in [6, 6.07) is 15.9. The number of aldehydes is 1. The topological polar surface area (TPSA) is 26.3 Å². The highest BCUT2D eigenvalue weighted by Crippen LogP contribution is 2.20. The molecule has 0 bridgehead atoms. The Hall–Kier alpha value is -1.87. The summed E-state index contributed by atoms with van der Waals surface area (Å²) < 4.78 is 5.53. The van der Waals surface area contributed by atoms with Gasteiger partial charge in [0.05, 0.1) is 14.7 Å². The van der Waals surface area contributed by atoms with Crippen molar-refractivity contribution in [2.45, 2.75) is 45.8 Å². The number of aryl methyl sites for hydroxylation is 1. The highest BCUT2D eigenvalue weighted by Gasteiger charge is 2.22. The third-order valence-corrected chi connectivity index (χ3v) is 8.31. The summed E-state index contributed by atoms with van der Waals surface area (Å²) in [7, 11) is -1.44. The molecular weight excluding hydrogens is 312 g/mol. The van der Waals surface area contributed by atoms with Gasteiger partial charge >= 0.3 is 0 Å². The van der Waals surface area contributed by atoms with Gasteiger partial charge in [-0.3, -0.25) is 4.79 Å². The maximum absolute atomic E-state index is 11.1. The fraction of sp³-hybridized carbons (Fsp3) is 0.381. The first-order chi connectivity index (χ1) is 11.5. The maximum atomic E-state index is 11.1. The smallest absolute Gasteiger partial charge is 0.150 e. The Morgan fingerprint density at radius 1 is 1.08 bits per heavy atom. The first kappa shape index (κ1) is 18.5. The van der Waals surface area contributed by atoms with Crippen molar-refractivity contribution in [2.24, 2.45) is 0 Å². The predicted octanol–water partition coefficient (Wildman–Crippen LogP) is 4.75. The Morgan fingerprint density at radius 2 is 1.79 bits per heavy atom. The van der Waals surface area contributed by atoms with Crippen LogP contribution in [0.2, 0.25) is 19.1 Å². The number of ether oxygens (including phenoxy) is 1. The van der Waals surface area contributed by atoms with Crippen molar-refractivity contribution in [2.75, 3.05) is 6.61 Å². The van der Waals surface area contributed by atoms with Crippen molar-refractivity contribution in [1.29, 1.82) is 0 Å². The number of benzene rings is 2. The molecular formula is C21H28O2Si. The minimum Gasteiger partial charge on any atom is -0.494 e. The van der Waals surface area contributed by atoms with E-state index in [1.54, 1.807) is 0 Å². The lowest BCUT2D eigenvalue weighted by molar-refractivity contribution is 0.112. The standard InChI is InChI=1S/C21H28O2Si/c1-5-23-20-11-13-21(14-12-20)24(3,4)15-7-10-18-8-6-9-19(16-22)17(18)2/h6,8-9,11-14,16H,5,7,10,15H2,1-4H3. The largest absolute Gasteiger partial charge is 0.494 e. The lowest BCUT2D eigenvalue weighted by Crippen LogP contribution is -2.41. The average molecular weight is 341 g/mol. The molecule has 0 aliphatic rings. The minimum absolute atomic E-state index is 0.708. The molecule has 0 fully saturated rings. The molecule has 0 saturated carbocycles. The molecule has 2 aromatic rings. The summed E-state index contributed by atoms with van der Waals surface area (Å²) >= 11 is 0. The zero-order valence-electron chi connectivity index (χ0n) is 15.3. The maximum Gasteiger partial charge on any atom is 0.150 e. The molecule has 0 spiro atoms. The van der Waals surface area contributed by atoms with Crippen LogP contribution in [0.1, 0.15) is 34.8 Å². The van der Waals surface area contributed by atoms with Crippen LogP contribution in [0.4, 0.5) is 0 Å². The normalized spacial score (nSPS) is 11.3. The molecule has 2 nitrogen and oxygen atoms in total. The van der Waals surface area contributed by atoms with E-state index in [4.69, 9.17) is 4.74 Å². The molecule has 3 heteroatoms. The van der Waals surface area contributed by atoms with Crippen LogP contribution >= 0.6 is 0 Å². The summed E-state index contributed by atoms with van der Waals surface area (Å²) in [6.07, 6.45) is 3.16. The summed E-state index contributed by atoms with van der Waals surface area (Å²) in [5, 5.41) is 1.48. The van der Waals surface area contributed by atoms with Gasteiger partial charge in [0.15, 0.2) is 0 Å². The van der Waals surface area contributed by atoms with E-state index >= 15 is 0 Å². The van der Waals surface area contributed by atoms with Gasteiger partial charge in [-0.05, 0) is 43.5 Å². The van der Waals surface area contributed by atoms with Gasteiger partial charge in [0, 0.05) is 5.56 Å². The van der Waals surface area contributed by atoms with E-state index in [1.165, 1.54) is 16.8 Å². The third-order valence-electron chi connectivity index (χ3n) is 4.81. The second kappa shape index (κ2) is 8.29. The van der Waals surface area contributed by atoms with E-state index in [9.17, 15) is 4.79 Å². The molecule has 0 N–H and O–H groups in total. The Labute approximate surface area is 146 Å². The summed E-state index contributed by atoms with van der Waals surface area (Å²) in [5.74, 6) is 0.951. The molecule has 0 radical (unpaired) electrons. The number of rotatable bonds is 8. The fourth-order valence-corrected chi connectivity index (χ4v) is 5.55. The van der Waals surface area contributed by atoms with Gasteiger partial charge in [-0.2, -0.15) is 0 Å². The SMILES string of the molecule is CCOc1ccc([Si](C)(C)CCCc2cccc(C=O)c2C)cc1. The molecule has 2 aromatic carbocycles. The molecule has 0 amide bonds. The molecule has 2 rings (SSSR count). The van der Waals surface area contributed by atoms with Crippen LogP contribution in [0.5, 0.6) is 5.75 Å². The number of hydrogen-bond donors (Lipinski definition) is 0. The van der Waals surface area contributed by atoms with Gasteiger partial charge < -0.3 is 4.74 Å². The number of carbonyl (C=O) groups excluding carboxylic acids is 1. The minimum atomic E-state index is -1.44. The molecule has 0 aliphatic heterocycles. The van der Waals surface area contributed by atoms with Crippen LogP contribution in [-0.2, 0) is 6.42 Å². The van der Waals surface area contributed by atoms with E-state index in [0.717, 1.165) is 36.0 Å². The second-order valence-corrected chi connectivity index (χ2v) is 11.8. The van der Waals surface area contributed by atoms with Crippen molar-refractivity contribution in [1.82, 2.24) is 0 Å². The average Bonchev–Trinajstić information content (AvgIpc) is 2.57. The van der Waals surface area contributed by atoms with Crippen molar-refractivity contribution in [3.63, 3.8) is 0 Å². The van der Waals surface area contributed by atoms with Crippen LogP contribution in [0.3, 0.4) is 0 Å². The molecule has 0 atom stereocenters. The molecule has 24 heavy (non-hydrogen) atoms. The van der Waals surface area contributed by atoms with Gasteiger partial charge in [0.25, 0.3) is 0 Å². The second-order valence-electron chi connectivity index (χ2n) is 6.94. The van der Waals surface area contributed by atoms with Crippen molar-refractivity contribution >= 4 is 19.5 Å². The Morgan fingerprint density at radius 3 is 2.42 bits per heavy atom. The molecule has 0 heterocycles. The van der Waals surface area contributed by atoms with Crippen LogP contribution in [0.25, 0.3) is 0 Å². The van der Waals surface area contributed by atoms with E-state index in [2.05, 4.69) is 43.4 Å². The number of hydrogen-bond acceptors (Lipinski definition) is 2. The predicted molar refractivity (Wildman–Crippen MR) is 104 cm³/mol. The van der Waals surface area contributed by atoms with E-state index in [0.29, 0.717) is 6.61 Å². The van der Waals surface area contributed by atoms with Crippen molar-refractivity contribution < 1.29 is 9.53 Å². The summed E-state index contributed by atoms with van der Waals surface area (Å²) in [6.45, 7) is 9.62. The molecule has 0 saturated heterocycles. The van der Waals surface area contributed by atoms with Crippen LogP contribution < -0.4 is 9.92 Å². The van der Waals surface area contributed by atoms with Crippen LogP contribution in [-0.4, -0.2) is 21.0 Å². The Kier molecular flexibility index (Phi) is 6.38. The van der Waals surface area contributed by atoms with Gasteiger partial charge in [0.2, 0.25) is 0 Å². The van der Waals surface area contributed by atoms with E-state index < -0.39 is 8.07 Å². The van der Waals surface area contributed by atoms with E-state index in [1.807, 2.05) is 26.0 Å². The first-order valence-electron chi connectivity index (χ1n) is 8.75. The van der Waals surface area contributed by atoms with E-state index in [-0.39, 0.29) is 0 Å². The quantitative estimate of drug-likeness (QED) is 0.512. The Bertz CT molecular complexity index is 675. The molecule has 128 valence electrons. The molecule has 0 aromatic heterocycles. The lowest BCUT2D eigenvalue weighted by Gasteiger charge is -2.23. The monoisotopic (exact) mass is 340 g/mol. The van der Waals surface area contributed by atoms with Gasteiger partial charge in [-0.25, -0.2) is 0 Å². The summed E-state index contributed by atoms with van der Waals surface area (Å²) in [4.78, 5) is 11.1.